The summed E-state index contributed by atoms with van der Waals surface area (Å²) >= 11 is 0. The molecule has 0 bridgehead atoms. The maximum absolute atomic E-state index is 16.4. The van der Waals surface area contributed by atoms with Crippen LogP contribution in [0.4, 0.5) is 158 Å². The zero-order chi connectivity index (χ0) is 71.9. The van der Waals surface area contributed by atoms with Crippen molar-refractivity contribution in [1.29, 1.82) is 0 Å². The molecule has 0 saturated carbocycles. The summed E-state index contributed by atoms with van der Waals surface area (Å²) in [6, 6.07) is 0. The van der Waals surface area contributed by atoms with Gasteiger partial charge >= 0.3 is 18.9 Å². The van der Waals surface area contributed by atoms with Crippen molar-refractivity contribution in [2.75, 3.05) is 0 Å². The van der Waals surface area contributed by atoms with Crippen molar-refractivity contribution in [2.24, 2.45) is 0 Å². The Hall–Kier alpha value is -10.2. The van der Waals surface area contributed by atoms with E-state index < -0.39 is 319 Å². The Morgan fingerprint density at radius 1 is 0.204 bits per heavy atom. The van der Waals surface area contributed by atoms with Gasteiger partial charge in [0.15, 0.2) is 186 Å². The SMILES string of the molecule is Fc1c(F)c(F)c(-c2[nH]nc3c(F)c(F)c(F)c(F)c23)c(F)c1F.Fc1c(F)c(F)c(-c2nn([B-](n3nc(-c4c(F)c(F)c(F)c(F)c4F)c4c(F)c(F)c(F)c(F)c43)n3nc(-c4c(F)c(F)c(F)c(F)c4F)c4c(F)c(F)c(F)c(F)c43)c3c(F)c(F)c(F)c(F)c23)c(F)c1F.[Li+]. The van der Waals surface area contributed by atoms with Gasteiger partial charge in [-0.1, -0.05) is 0 Å². The Balaban J connectivity index is 0.000000349. The molecule has 1 radical (unpaired) electrons. The molecule has 0 aliphatic carbocycles. The maximum atomic E-state index is 16.4. The molecule has 4 heterocycles. The molecule has 0 amide bonds. The second kappa shape index (κ2) is 24.1. The third-order valence-corrected chi connectivity index (χ3v) is 14.0. The van der Waals surface area contributed by atoms with Crippen LogP contribution in [-0.4, -0.2) is 46.4 Å². The molecule has 4 aromatic heterocycles. The first-order valence-corrected chi connectivity index (χ1v) is 24.2. The van der Waals surface area contributed by atoms with Gasteiger partial charge in [0.05, 0.1) is 66.0 Å². The smallest absolute Gasteiger partial charge is 0.415 e. The van der Waals surface area contributed by atoms with E-state index in [1.54, 1.807) is 5.10 Å². The van der Waals surface area contributed by atoms with E-state index in [-0.39, 0.29) is 18.9 Å². The van der Waals surface area contributed by atoms with E-state index in [4.69, 9.17) is 0 Å². The minimum absolute atomic E-state index is 0. The van der Waals surface area contributed by atoms with E-state index in [9.17, 15) is 79.0 Å². The van der Waals surface area contributed by atoms with Crippen LogP contribution in [0.3, 0.4) is 0 Å². The number of halogens is 36. The molecule has 98 heavy (non-hydrogen) atoms. The summed E-state index contributed by atoms with van der Waals surface area (Å²) in [6.07, 6.45) is 0. The fourth-order valence-electron chi connectivity index (χ4n) is 9.68. The van der Waals surface area contributed by atoms with Gasteiger partial charge in [0.2, 0.25) is 23.3 Å². The van der Waals surface area contributed by atoms with Crippen LogP contribution in [-0.2, 0) is 0 Å². The molecule has 8 aromatic carbocycles. The number of benzene rings is 8. The van der Waals surface area contributed by atoms with Gasteiger partial charge in [0, 0.05) is 0 Å². The fraction of sp³-hybridized carbons (Fsp3) is 0. The van der Waals surface area contributed by atoms with Crippen molar-refractivity contribution in [3.63, 3.8) is 0 Å². The second-order valence-electron chi connectivity index (χ2n) is 19.0. The van der Waals surface area contributed by atoms with Gasteiger partial charge in [-0.15, -0.1) is 0 Å². The van der Waals surface area contributed by atoms with Crippen LogP contribution >= 0.6 is 0 Å². The largest absolute Gasteiger partial charge is 1.00 e. The number of fused-ring (bicyclic) bond motifs is 4. The molecular weight excluding hydrogens is 1440 g/mol. The number of H-pyrrole nitrogens is 1. The molecule has 0 saturated heterocycles. The predicted molar refractivity (Wildman–Crippen MR) is 247 cm³/mol. The minimum Gasteiger partial charge on any atom is -0.415 e. The number of nitrogens with zero attached hydrogens (tertiary/aromatic N) is 7. The summed E-state index contributed by atoms with van der Waals surface area (Å²) in [5, 5.41) is 4.76. The molecule has 0 fully saturated rings. The Kier molecular flexibility index (Phi) is 17.4. The Morgan fingerprint density at radius 3 is 0.633 bits per heavy atom. The molecule has 0 aliphatic heterocycles. The van der Waals surface area contributed by atoms with Crippen molar-refractivity contribution in [2.45, 2.75) is 0 Å². The van der Waals surface area contributed by atoms with E-state index in [1.807, 2.05) is 0 Å². The Labute approximate surface area is 520 Å². The molecule has 8 nitrogen and oxygen atoms in total. The maximum Gasteiger partial charge on any atom is 1.00 e. The van der Waals surface area contributed by atoms with Crippen LogP contribution in [0.1, 0.15) is 0 Å². The summed E-state index contributed by atoms with van der Waals surface area (Å²) < 4.78 is 530. The molecule has 12 aromatic rings. The van der Waals surface area contributed by atoms with Gasteiger partial charge in [0.1, 0.15) is 22.6 Å². The van der Waals surface area contributed by atoms with Crippen LogP contribution in [0.5, 0.6) is 0 Å². The third-order valence-electron chi connectivity index (χ3n) is 14.0. The predicted octanol–water partition coefficient (Wildman–Crippen LogP) is 13.9. The topological polar surface area (TPSA) is 82.1 Å². The summed E-state index contributed by atoms with van der Waals surface area (Å²) in [5.41, 5.74) is -27.7. The summed E-state index contributed by atoms with van der Waals surface area (Å²) in [7, 11) is -4.29. The Morgan fingerprint density at radius 2 is 0.388 bits per heavy atom. The molecule has 12 rings (SSSR count). The number of rotatable bonds is 7. The van der Waals surface area contributed by atoms with Gasteiger partial charge in [-0.25, -0.2) is 173 Å². The van der Waals surface area contributed by atoms with E-state index in [1.165, 1.54) is 0 Å². The van der Waals surface area contributed by atoms with Gasteiger partial charge in [-0.2, -0.15) is 5.10 Å². The average molecular weight is 1440 g/mol. The van der Waals surface area contributed by atoms with Crippen molar-refractivity contribution < 1.29 is 177 Å². The molecule has 0 spiro atoms. The third kappa shape index (κ3) is 9.50. The van der Waals surface area contributed by atoms with Crippen molar-refractivity contribution in [3.8, 4) is 45.0 Å². The second-order valence-corrected chi connectivity index (χ2v) is 19.0. The van der Waals surface area contributed by atoms with Crippen LogP contribution < -0.4 is 18.9 Å². The number of hydrogen-bond donors (Lipinski definition) is 1. The van der Waals surface area contributed by atoms with E-state index >= 15 is 79.0 Å². The summed E-state index contributed by atoms with van der Waals surface area (Å²) in [6.45, 7) is 0. The van der Waals surface area contributed by atoms with Gasteiger partial charge in [-0.3, -0.25) is 5.10 Å². The zero-order valence-corrected chi connectivity index (χ0v) is 44.8. The average Bonchev–Trinajstić information content (AvgIpc) is 1.51. The van der Waals surface area contributed by atoms with Crippen molar-refractivity contribution in [1.82, 2.24) is 39.3 Å². The first-order valence-electron chi connectivity index (χ1n) is 24.2. The van der Waals surface area contributed by atoms with Gasteiger partial charge in [0.25, 0.3) is 7.12 Å². The molecule has 0 atom stereocenters. The quantitative estimate of drug-likeness (QED) is 0.0746. The van der Waals surface area contributed by atoms with Gasteiger partial charge in [-0.05, 0) is 0 Å². The number of nitrogens with one attached hydrogen (secondary N) is 1. The van der Waals surface area contributed by atoms with Crippen LogP contribution in [0.15, 0.2) is 0 Å². The summed E-state index contributed by atoms with van der Waals surface area (Å²) in [5.74, 6) is -106. The van der Waals surface area contributed by atoms with Crippen molar-refractivity contribution in [3.05, 3.63) is 209 Å². The van der Waals surface area contributed by atoms with E-state index in [2.05, 4.69) is 20.4 Å². The molecule has 0 unspecified atom stereocenters. The molecule has 46 heteroatoms. The first kappa shape index (κ1) is 70.6. The molecular formula is C52HBF36LiN8. The van der Waals surface area contributed by atoms with Crippen molar-refractivity contribution >= 4 is 50.7 Å². The first-order chi connectivity index (χ1) is 45.2. The summed E-state index contributed by atoms with van der Waals surface area (Å²) in [4.78, 5) is 0. The number of aromatic nitrogens is 8. The molecule has 0 aliphatic rings. The Bertz CT molecular complexity index is 5070. The zero-order valence-electron chi connectivity index (χ0n) is 44.8. The van der Waals surface area contributed by atoms with E-state index in [0.717, 1.165) is 0 Å². The molecule has 505 valence electrons. The monoisotopic (exact) mass is 1440 g/mol. The van der Waals surface area contributed by atoms with Crippen LogP contribution in [0.25, 0.3) is 88.6 Å². The minimum atomic E-state index is -4.29. The van der Waals surface area contributed by atoms with Gasteiger partial charge < -0.3 is 13.8 Å². The fourth-order valence-corrected chi connectivity index (χ4v) is 9.68. The van der Waals surface area contributed by atoms with E-state index in [0.29, 0.717) is 0 Å². The standard InChI is InChI=1S/C39BF27N6.C13HF9N2.Li/c41-7-1(8(42)17(51)25(59)16(7)50)34-4-13(47)22(56)28(62)31(65)37(4)71(68-34)40(72-38-5(14(48)23(57)29(63)32(38)66)35(69-72)2-9(43)18(52)26(60)19(53)10(2)44)73-39-6(15(49)24(58)30(64)33(39)67)36(70-73)3-11(45)20(54)27(61)21(55)12(3)46;14-3-1(4(15)7(18)9(20)6(3)17)12-2-5(16)8(19)10(21)11(22)13(2)24-23-12;/h;(H,23,24);/q-1;;+1. The van der Waals surface area contributed by atoms with Crippen LogP contribution in [0, 0.1) is 209 Å². The normalized spacial score (nSPS) is 11.9. The number of aromatic amines is 1. The van der Waals surface area contributed by atoms with Crippen LogP contribution in [0.2, 0.25) is 0 Å². The molecule has 1 N–H and O–H groups in total. The number of hydrogen-bond acceptors (Lipinski definition) is 4.